The normalized spacial score (nSPS) is 10.0. The molecule has 3 nitrogen and oxygen atoms in total. The lowest BCUT2D eigenvalue weighted by Gasteiger charge is -2.04. The number of thioether (sulfide) groups is 1. The predicted octanol–water partition coefficient (Wildman–Crippen LogP) is 2.66. The summed E-state index contributed by atoms with van der Waals surface area (Å²) in [5.74, 6) is -0.292. The lowest BCUT2D eigenvalue weighted by Crippen LogP contribution is -2.32. The van der Waals surface area contributed by atoms with E-state index in [0.717, 1.165) is 10.5 Å². The van der Waals surface area contributed by atoms with Crippen LogP contribution in [-0.4, -0.2) is 17.6 Å². The minimum atomic E-state index is -0.269. The van der Waals surface area contributed by atoms with Crippen molar-refractivity contribution < 1.29 is 9.59 Å². The Bertz CT molecular complexity index is 570. The van der Waals surface area contributed by atoms with Gasteiger partial charge >= 0.3 is 0 Å². The molecule has 0 aliphatic carbocycles. The summed E-state index contributed by atoms with van der Waals surface area (Å²) in [5.41, 5.74) is 0.897. The smallest absolute Gasteiger partial charge is 0.236 e. The molecule has 0 bridgehead atoms. The first kappa shape index (κ1) is 14.3. The van der Waals surface area contributed by atoms with Crippen LogP contribution in [0.1, 0.15) is 5.56 Å². The molecule has 0 atom stereocenters. The number of hydrogen-bond acceptors (Lipinski definition) is 3. The van der Waals surface area contributed by atoms with Gasteiger partial charge in [0, 0.05) is 4.90 Å². The van der Waals surface area contributed by atoms with Gasteiger partial charge in [0.2, 0.25) is 11.8 Å². The minimum Gasteiger partial charge on any atom is -0.295 e. The zero-order valence-corrected chi connectivity index (χ0v) is 11.7. The lowest BCUT2D eigenvalue weighted by molar-refractivity contribution is -0.128. The van der Waals surface area contributed by atoms with Gasteiger partial charge in [0.05, 0.1) is 12.2 Å². The zero-order chi connectivity index (χ0) is 14.2. The molecule has 102 valence electrons. The second kappa shape index (κ2) is 7.50. The molecule has 2 amide bonds. The van der Waals surface area contributed by atoms with Crippen LogP contribution in [0.15, 0.2) is 65.6 Å². The van der Waals surface area contributed by atoms with E-state index in [9.17, 15) is 9.59 Å². The average Bonchev–Trinajstić information content (AvgIpc) is 2.47. The summed E-state index contributed by atoms with van der Waals surface area (Å²) >= 11 is 1.41. The largest absolute Gasteiger partial charge is 0.295 e. The van der Waals surface area contributed by atoms with E-state index >= 15 is 0 Å². The predicted molar refractivity (Wildman–Crippen MR) is 80.5 cm³/mol. The van der Waals surface area contributed by atoms with Crippen LogP contribution in [0.4, 0.5) is 0 Å². The number of carbonyl (C=O) groups excluding carboxylic acids is 2. The SMILES string of the molecule is O=C(CSc1ccccc1)NC(=O)Cc1ccccc1. The highest BCUT2D eigenvalue weighted by molar-refractivity contribution is 8.00. The first-order valence-electron chi connectivity index (χ1n) is 6.28. The molecular formula is C16H15NO2S. The van der Waals surface area contributed by atoms with E-state index < -0.39 is 0 Å². The Hall–Kier alpha value is -2.07. The van der Waals surface area contributed by atoms with Crippen molar-refractivity contribution in [2.24, 2.45) is 0 Å². The summed E-state index contributed by atoms with van der Waals surface area (Å²) in [5, 5.41) is 2.40. The van der Waals surface area contributed by atoms with Crippen LogP contribution in [0.2, 0.25) is 0 Å². The fourth-order valence-electron chi connectivity index (χ4n) is 1.68. The Morgan fingerprint density at radius 3 is 2.10 bits per heavy atom. The average molecular weight is 285 g/mol. The van der Waals surface area contributed by atoms with Gasteiger partial charge in [0.1, 0.15) is 0 Å². The fourth-order valence-corrected chi connectivity index (χ4v) is 2.40. The van der Waals surface area contributed by atoms with E-state index in [1.54, 1.807) is 0 Å². The topological polar surface area (TPSA) is 46.2 Å². The second-order valence-corrected chi connectivity index (χ2v) is 5.28. The number of carbonyl (C=O) groups is 2. The maximum Gasteiger partial charge on any atom is 0.236 e. The summed E-state index contributed by atoms with van der Waals surface area (Å²) in [7, 11) is 0. The van der Waals surface area contributed by atoms with Crippen molar-refractivity contribution in [1.29, 1.82) is 0 Å². The van der Waals surface area contributed by atoms with E-state index in [4.69, 9.17) is 0 Å². The first-order chi connectivity index (χ1) is 9.74. The van der Waals surface area contributed by atoms with Crippen LogP contribution < -0.4 is 5.32 Å². The van der Waals surface area contributed by atoms with E-state index in [2.05, 4.69) is 5.32 Å². The van der Waals surface area contributed by atoms with E-state index in [1.165, 1.54) is 11.8 Å². The molecule has 0 saturated heterocycles. The molecule has 0 aromatic heterocycles. The highest BCUT2D eigenvalue weighted by atomic mass is 32.2. The zero-order valence-electron chi connectivity index (χ0n) is 10.9. The highest BCUT2D eigenvalue weighted by Crippen LogP contribution is 2.16. The Morgan fingerprint density at radius 1 is 0.850 bits per heavy atom. The maximum absolute atomic E-state index is 11.7. The van der Waals surface area contributed by atoms with Gasteiger partial charge in [-0.1, -0.05) is 48.5 Å². The molecule has 2 aromatic rings. The molecule has 0 aliphatic heterocycles. The monoisotopic (exact) mass is 285 g/mol. The first-order valence-corrected chi connectivity index (χ1v) is 7.27. The minimum absolute atomic E-state index is 0.225. The molecule has 0 heterocycles. The van der Waals surface area contributed by atoms with Crippen LogP contribution in [0.5, 0.6) is 0 Å². The maximum atomic E-state index is 11.7. The third-order valence-corrected chi connectivity index (χ3v) is 3.61. The van der Waals surface area contributed by atoms with Crippen LogP contribution in [0.3, 0.4) is 0 Å². The quantitative estimate of drug-likeness (QED) is 0.859. The molecule has 0 aliphatic rings. The second-order valence-electron chi connectivity index (χ2n) is 4.24. The van der Waals surface area contributed by atoms with E-state index in [1.807, 2.05) is 60.7 Å². The van der Waals surface area contributed by atoms with E-state index in [-0.39, 0.29) is 24.0 Å². The van der Waals surface area contributed by atoms with Crippen molar-refractivity contribution in [1.82, 2.24) is 5.32 Å². The summed E-state index contributed by atoms with van der Waals surface area (Å²) in [6, 6.07) is 19.0. The molecule has 0 radical (unpaired) electrons. The number of nitrogens with one attached hydrogen (secondary N) is 1. The molecule has 0 spiro atoms. The molecule has 1 N–H and O–H groups in total. The molecule has 0 saturated carbocycles. The Kier molecular flexibility index (Phi) is 5.38. The van der Waals surface area contributed by atoms with Gasteiger partial charge in [-0.25, -0.2) is 0 Å². The number of hydrogen-bond donors (Lipinski definition) is 1. The summed E-state index contributed by atoms with van der Waals surface area (Å²) in [6.07, 6.45) is 0.225. The van der Waals surface area contributed by atoms with Gasteiger partial charge in [-0.2, -0.15) is 0 Å². The van der Waals surface area contributed by atoms with E-state index in [0.29, 0.717) is 0 Å². The van der Waals surface area contributed by atoms with Crippen LogP contribution in [-0.2, 0) is 16.0 Å². The van der Waals surface area contributed by atoms with Crippen molar-refractivity contribution in [2.75, 3.05) is 5.75 Å². The summed E-state index contributed by atoms with van der Waals surface area (Å²) < 4.78 is 0. The molecule has 20 heavy (non-hydrogen) atoms. The molecule has 2 aromatic carbocycles. The number of benzene rings is 2. The van der Waals surface area contributed by atoms with Crippen molar-refractivity contribution in [2.45, 2.75) is 11.3 Å². The lowest BCUT2D eigenvalue weighted by atomic mass is 10.1. The third kappa shape index (κ3) is 4.90. The number of imide groups is 1. The van der Waals surface area contributed by atoms with Crippen molar-refractivity contribution in [3.8, 4) is 0 Å². The summed E-state index contributed by atoms with van der Waals surface area (Å²) in [4.78, 5) is 24.4. The Balaban J connectivity index is 1.75. The third-order valence-electron chi connectivity index (χ3n) is 2.60. The van der Waals surface area contributed by atoms with Crippen LogP contribution in [0, 0.1) is 0 Å². The van der Waals surface area contributed by atoms with Gasteiger partial charge in [0.25, 0.3) is 0 Å². The molecule has 0 fully saturated rings. The van der Waals surface area contributed by atoms with Crippen molar-refractivity contribution in [3.05, 3.63) is 66.2 Å². The van der Waals surface area contributed by atoms with Crippen LogP contribution in [0.25, 0.3) is 0 Å². The molecule has 2 rings (SSSR count). The fraction of sp³-hybridized carbons (Fsp3) is 0.125. The standard InChI is InChI=1S/C16H15NO2S/c18-15(11-13-7-3-1-4-8-13)17-16(19)12-20-14-9-5-2-6-10-14/h1-10H,11-12H2,(H,17,18,19). The summed E-state index contributed by atoms with van der Waals surface area (Å²) in [6.45, 7) is 0. The molecule has 0 unspecified atom stereocenters. The van der Waals surface area contributed by atoms with Gasteiger partial charge in [-0.15, -0.1) is 11.8 Å². The highest BCUT2D eigenvalue weighted by Gasteiger charge is 2.08. The van der Waals surface area contributed by atoms with Crippen molar-refractivity contribution in [3.63, 3.8) is 0 Å². The van der Waals surface area contributed by atoms with Gasteiger partial charge in [0.15, 0.2) is 0 Å². The van der Waals surface area contributed by atoms with Gasteiger partial charge in [-0.3, -0.25) is 14.9 Å². The Labute approximate surface area is 122 Å². The molecule has 4 heteroatoms. The van der Waals surface area contributed by atoms with Gasteiger partial charge in [-0.05, 0) is 17.7 Å². The number of rotatable bonds is 5. The van der Waals surface area contributed by atoms with Gasteiger partial charge < -0.3 is 0 Å². The molecular weight excluding hydrogens is 270 g/mol. The number of amides is 2. The van der Waals surface area contributed by atoms with Crippen LogP contribution >= 0.6 is 11.8 Å². The Morgan fingerprint density at radius 2 is 1.45 bits per heavy atom. The van der Waals surface area contributed by atoms with Crippen molar-refractivity contribution >= 4 is 23.6 Å².